The molecule has 2 rings (SSSR count). The quantitative estimate of drug-likeness (QED) is 0.610. The second-order valence-electron chi connectivity index (χ2n) is 5.89. The number of benzene rings is 1. The first-order valence-electron chi connectivity index (χ1n) is 7.91. The Bertz CT molecular complexity index is 539. The van der Waals surface area contributed by atoms with E-state index < -0.39 is 10.9 Å². The van der Waals surface area contributed by atoms with Gasteiger partial charge in [0.15, 0.2) is 0 Å². The molecule has 1 aromatic rings. The van der Waals surface area contributed by atoms with E-state index in [0.717, 1.165) is 44.6 Å². The molecule has 0 aliphatic carbocycles. The van der Waals surface area contributed by atoms with Crippen LogP contribution in [0.3, 0.4) is 0 Å². The fourth-order valence-corrected chi connectivity index (χ4v) is 3.10. The summed E-state index contributed by atoms with van der Waals surface area (Å²) >= 11 is 0. The number of carboxylic acid groups (broad SMARTS) is 1. The summed E-state index contributed by atoms with van der Waals surface area (Å²) in [6.07, 6.45) is 1.90. The molecule has 0 bridgehead atoms. The van der Waals surface area contributed by atoms with Gasteiger partial charge in [0.2, 0.25) is 0 Å². The van der Waals surface area contributed by atoms with Gasteiger partial charge in [-0.1, -0.05) is 19.1 Å². The largest absolute Gasteiger partial charge is 0.480 e. The molecule has 0 spiro atoms. The number of hydrogen-bond acceptors (Lipinski definition) is 5. The first-order valence-corrected chi connectivity index (χ1v) is 7.91. The van der Waals surface area contributed by atoms with E-state index in [0.29, 0.717) is 6.04 Å². The molecule has 1 N–H and O–H groups in total. The lowest BCUT2D eigenvalue weighted by atomic mass is 10.0. The molecule has 1 aliphatic heterocycles. The van der Waals surface area contributed by atoms with Gasteiger partial charge in [-0.05, 0) is 38.0 Å². The number of hydrogen-bond donors (Lipinski definition) is 1. The molecule has 126 valence electrons. The average molecular weight is 321 g/mol. The van der Waals surface area contributed by atoms with Crippen molar-refractivity contribution in [2.45, 2.75) is 32.4 Å². The van der Waals surface area contributed by atoms with Crippen molar-refractivity contribution in [2.75, 3.05) is 26.2 Å². The summed E-state index contributed by atoms with van der Waals surface area (Å²) in [5.74, 6) is -0.778. The Hall–Kier alpha value is -1.99. The van der Waals surface area contributed by atoms with E-state index >= 15 is 0 Å². The number of piperidine rings is 1. The second-order valence-corrected chi connectivity index (χ2v) is 5.89. The van der Waals surface area contributed by atoms with Gasteiger partial charge in [-0.25, -0.2) is 0 Å². The summed E-state index contributed by atoms with van der Waals surface area (Å²) in [7, 11) is 0. The molecule has 7 heteroatoms. The Balaban J connectivity index is 1.84. The number of aliphatic carboxylic acids is 1. The molecule has 1 aliphatic rings. The first kappa shape index (κ1) is 17.4. The summed E-state index contributed by atoms with van der Waals surface area (Å²) in [6, 6.07) is 6.99. The number of nitro groups is 1. The smallest absolute Gasteiger partial charge is 0.317 e. The number of likely N-dealkylation sites (tertiary alicyclic amines) is 1. The average Bonchev–Trinajstić information content (AvgIpc) is 2.54. The monoisotopic (exact) mass is 321 g/mol. The number of rotatable bonds is 7. The molecule has 23 heavy (non-hydrogen) atoms. The number of nitro benzene ring substituents is 1. The van der Waals surface area contributed by atoms with Gasteiger partial charge in [-0.3, -0.25) is 24.7 Å². The van der Waals surface area contributed by atoms with Crippen LogP contribution in [0.15, 0.2) is 24.3 Å². The van der Waals surface area contributed by atoms with Gasteiger partial charge < -0.3 is 5.11 Å². The van der Waals surface area contributed by atoms with E-state index in [9.17, 15) is 14.9 Å². The summed E-state index contributed by atoms with van der Waals surface area (Å²) in [5.41, 5.74) is 1.17. The molecular weight excluding hydrogens is 298 g/mol. The molecule has 0 aromatic heterocycles. The maximum absolute atomic E-state index is 10.9. The van der Waals surface area contributed by atoms with Crippen LogP contribution in [0.2, 0.25) is 0 Å². The van der Waals surface area contributed by atoms with E-state index in [1.54, 1.807) is 12.1 Å². The molecule has 0 amide bonds. The minimum Gasteiger partial charge on any atom is -0.480 e. The molecule has 1 saturated heterocycles. The highest BCUT2D eigenvalue weighted by molar-refractivity contribution is 5.69. The van der Waals surface area contributed by atoms with Crippen LogP contribution in [0.1, 0.15) is 25.3 Å². The van der Waals surface area contributed by atoms with Crippen LogP contribution in [-0.2, 0) is 11.3 Å². The molecule has 0 unspecified atom stereocenters. The van der Waals surface area contributed by atoms with E-state index in [1.165, 1.54) is 12.1 Å². The third-order valence-corrected chi connectivity index (χ3v) is 4.37. The van der Waals surface area contributed by atoms with Crippen LogP contribution in [0.25, 0.3) is 0 Å². The van der Waals surface area contributed by atoms with Gasteiger partial charge in [-0.15, -0.1) is 0 Å². The number of carboxylic acids is 1. The van der Waals surface area contributed by atoms with Gasteiger partial charge in [0.25, 0.3) is 5.69 Å². The molecular formula is C16H23N3O4. The zero-order valence-electron chi connectivity index (χ0n) is 13.4. The fraction of sp³-hybridized carbons (Fsp3) is 0.562. The van der Waals surface area contributed by atoms with Crippen molar-refractivity contribution in [3.05, 3.63) is 39.9 Å². The normalized spacial score (nSPS) is 16.6. The van der Waals surface area contributed by atoms with E-state index in [2.05, 4.69) is 4.90 Å². The molecule has 7 nitrogen and oxygen atoms in total. The highest BCUT2D eigenvalue weighted by Crippen LogP contribution is 2.19. The van der Waals surface area contributed by atoms with Gasteiger partial charge in [-0.2, -0.15) is 0 Å². The zero-order valence-corrected chi connectivity index (χ0v) is 13.4. The van der Waals surface area contributed by atoms with Crippen LogP contribution in [0.5, 0.6) is 0 Å². The minimum absolute atomic E-state index is 0.101. The Morgan fingerprint density at radius 3 is 2.43 bits per heavy atom. The van der Waals surface area contributed by atoms with E-state index in [1.807, 2.05) is 11.8 Å². The molecule has 1 fully saturated rings. The molecule has 0 radical (unpaired) electrons. The van der Waals surface area contributed by atoms with Crippen molar-refractivity contribution in [1.82, 2.24) is 9.80 Å². The Kier molecular flexibility index (Phi) is 6.06. The standard InChI is InChI=1S/C16H23N3O4/c1-2-18(12-16(20)21)14-7-9-17(10-8-14)11-13-3-5-15(6-4-13)19(22)23/h3-6,14H,2,7-12H2,1H3,(H,20,21). The molecule has 0 saturated carbocycles. The predicted octanol–water partition coefficient (Wildman–Crippen LogP) is 1.97. The van der Waals surface area contributed by atoms with Crippen LogP contribution < -0.4 is 0 Å². The number of non-ortho nitro benzene ring substituents is 1. The summed E-state index contributed by atoms with van der Waals surface area (Å²) in [5, 5.41) is 19.6. The SMILES string of the molecule is CCN(CC(=O)O)C1CCN(Cc2ccc([N+](=O)[O-])cc2)CC1. The lowest BCUT2D eigenvalue weighted by molar-refractivity contribution is -0.384. The van der Waals surface area contributed by atoms with Gasteiger partial charge in [0, 0.05) is 24.7 Å². The zero-order chi connectivity index (χ0) is 16.8. The van der Waals surface area contributed by atoms with Gasteiger partial charge in [0.1, 0.15) is 0 Å². The fourth-order valence-electron chi connectivity index (χ4n) is 3.10. The Morgan fingerprint density at radius 2 is 1.96 bits per heavy atom. The number of likely N-dealkylation sites (N-methyl/N-ethyl adjacent to an activating group) is 1. The summed E-state index contributed by atoms with van der Waals surface area (Å²) in [4.78, 5) is 25.5. The highest BCUT2D eigenvalue weighted by Gasteiger charge is 2.25. The predicted molar refractivity (Wildman–Crippen MR) is 86.3 cm³/mol. The lowest BCUT2D eigenvalue weighted by Gasteiger charge is -2.37. The third kappa shape index (κ3) is 5.01. The van der Waals surface area contributed by atoms with Crippen molar-refractivity contribution < 1.29 is 14.8 Å². The van der Waals surface area contributed by atoms with Gasteiger partial charge >= 0.3 is 5.97 Å². The second kappa shape index (κ2) is 8.03. The topological polar surface area (TPSA) is 86.9 Å². The first-order chi connectivity index (χ1) is 11.0. The van der Waals surface area contributed by atoms with Crippen molar-refractivity contribution in [3.63, 3.8) is 0 Å². The van der Waals surface area contributed by atoms with Crippen molar-refractivity contribution >= 4 is 11.7 Å². The van der Waals surface area contributed by atoms with Crippen molar-refractivity contribution in [3.8, 4) is 0 Å². The van der Waals surface area contributed by atoms with E-state index in [-0.39, 0.29) is 12.2 Å². The van der Waals surface area contributed by atoms with Crippen LogP contribution in [0.4, 0.5) is 5.69 Å². The third-order valence-electron chi connectivity index (χ3n) is 4.37. The number of nitrogens with zero attached hydrogens (tertiary/aromatic N) is 3. The van der Waals surface area contributed by atoms with Crippen LogP contribution in [0, 0.1) is 10.1 Å². The van der Waals surface area contributed by atoms with Gasteiger partial charge in [0.05, 0.1) is 11.5 Å². The highest BCUT2D eigenvalue weighted by atomic mass is 16.6. The minimum atomic E-state index is -0.778. The van der Waals surface area contributed by atoms with Crippen molar-refractivity contribution in [2.24, 2.45) is 0 Å². The summed E-state index contributed by atoms with van der Waals surface area (Å²) < 4.78 is 0. The Labute approximate surface area is 135 Å². The van der Waals surface area contributed by atoms with Crippen molar-refractivity contribution in [1.29, 1.82) is 0 Å². The number of carbonyl (C=O) groups is 1. The van der Waals surface area contributed by atoms with Crippen LogP contribution in [-0.4, -0.2) is 58.0 Å². The maximum Gasteiger partial charge on any atom is 0.317 e. The molecule has 0 atom stereocenters. The van der Waals surface area contributed by atoms with Crippen LogP contribution >= 0.6 is 0 Å². The molecule has 1 aromatic carbocycles. The summed E-state index contributed by atoms with van der Waals surface area (Å²) in [6.45, 7) is 5.44. The maximum atomic E-state index is 10.9. The lowest BCUT2D eigenvalue weighted by Crippen LogP contribution is -2.46. The Morgan fingerprint density at radius 1 is 1.35 bits per heavy atom. The molecule has 1 heterocycles. The van der Waals surface area contributed by atoms with E-state index in [4.69, 9.17) is 5.11 Å².